The Balaban J connectivity index is 1.70. The van der Waals surface area contributed by atoms with E-state index >= 15 is 0 Å². The Morgan fingerprint density at radius 1 is 1.22 bits per heavy atom. The van der Waals surface area contributed by atoms with Crippen molar-refractivity contribution in [3.8, 4) is 0 Å². The number of hydrogen-bond donors (Lipinski definition) is 3. The first-order valence-electron chi connectivity index (χ1n) is 12.1. The zero-order chi connectivity index (χ0) is 26.0. The van der Waals surface area contributed by atoms with Gasteiger partial charge in [-0.3, -0.25) is 4.79 Å². The van der Waals surface area contributed by atoms with E-state index in [1.807, 2.05) is 12.1 Å². The first-order chi connectivity index (χ1) is 17.1. The number of nitrogens with one attached hydrogen (secondary N) is 1. The van der Waals surface area contributed by atoms with Crippen LogP contribution in [0.2, 0.25) is 0 Å². The summed E-state index contributed by atoms with van der Waals surface area (Å²) in [6.45, 7) is 1.84. The molecule has 0 spiro atoms. The van der Waals surface area contributed by atoms with Gasteiger partial charge in [-0.15, -0.1) is 0 Å². The minimum absolute atomic E-state index is 0.0243. The summed E-state index contributed by atoms with van der Waals surface area (Å²) in [5, 5.41) is 11.5. The zero-order valence-corrected chi connectivity index (χ0v) is 21.5. The molecule has 10 heteroatoms. The van der Waals surface area contributed by atoms with Crippen LogP contribution in [0.5, 0.6) is 0 Å². The van der Waals surface area contributed by atoms with Gasteiger partial charge in [0, 0.05) is 19.7 Å². The molecule has 9 nitrogen and oxygen atoms in total. The minimum atomic E-state index is -4.18. The van der Waals surface area contributed by atoms with Crippen molar-refractivity contribution in [2.75, 3.05) is 11.9 Å². The summed E-state index contributed by atoms with van der Waals surface area (Å²) in [4.78, 5) is 17.5. The fourth-order valence-electron chi connectivity index (χ4n) is 4.60. The van der Waals surface area contributed by atoms with Crippen LogP contribution in [0.1, 0.15) is 55.8 Å². The van der Waals surface area contributed by atoms with Crippen LogP contribution in [-0.2, 0) is 38.4 Å². The highest BCUT2D eigenvalue weighted by Crippen LogP contribution is 2.52. The van der Waals surface area contributed by atoms with Crippen LogP contribution in [0.4, 0.5) is 5.82 Å². The fraction of sp³-hybridized carbons (Fsp3) is 0.423. The van der Waals surface area contributed by atoms with E-state index in [1.165, 1.54) is 37.4 Å². The largest absolute Gasteiger partial charge is 0.480 e. The molecule has 1 aliphatic rings. The maximum absolute atomic E-state index is 13.8. The number of nitrogens with two attached hydrogens (primary N) is 1. The third kappa shape index (κ3) is 5.15. The van der Waals surface area contributed by atoms with E-state index in [4.69, 9.17) is 10.8 Å². The van der Waals surface area contributed by atoms with E-state index in [-0.39, 0.29) is 34.9 Å². The second kappa shape index (κ2) is 10.0. The fourth-order valence-corrected chi connectivity index (χ4v) is 6.21. The number of nitrogens with zero attached hydrogens (tertiary/aromatic N) is 3. The van der Waals surface area contributed by atoms with Crippen LogP contribution in [0.3, 0.4) is 0 Å². The molecule has 192 valence electrons. The molecule has 4 rings (SSSR count). The van der Waals surface area contributed by atoms with Gasteiger partial charge in [-0.2, -0.15) is 0 Å². The smallest absolute Gasteiger partial charge is 0.322 e. The number of hydrogen-bond acceptors (Lipinski definition) is 7. The van der Waals surface area contributed by atoms with Gasteiger partial charge in [0.25, 0.3) is 0 Å². The van der Waals surface area contributed by atoms with E-state index in [2.05, 4.69) is 34.3 Å². The molecule has 2 heterocycles. The number of carboxylic acid groups (broad SMARTS) is 1. The van der Waals surface area contributed by atoms with Gasteiger partial charge in [0.2, 0.25) is 9.84 Å². The number of carbonyl (C=O) groups is 1. The van der Waals surface area contributed by atoms with Gasteiger partial charge in [-0.05, 0) is 47.9 Å². The number of aryl methyl sites for hydroxylation is 1. The van der Waals surface area contributed by atoms with Gasteiger partial charge in [-0.25, -0.2) is 18.4 Å². The van der Waals surface area contributed by atoms with Crippen molar-refractivity contribution in [3.63, 3.8) is 0 Å². The number of imidazole rings is 1. The summed E-state index contributed by atoms with van der Waals surface area (Å²) in [7, 11) is -2.49. The molecule has 4 N–H and O–H groups in total. The maximum atomic E-state index is 13.8. The van der Waals surface area contributed by atoms with Crippen molar-refractivity contribution in [3.05, 3.63) is 71.8 Å². The van der Waals surface area contributed by atoms with Crippen LogP contribution in [0, 0.1) is 0 Å². The standard InChI is InChI=1S/C26H33N5O4S/c1-3-4-12-25(13-14-25)20-10-8-19(9-11-20)15-26(27,36(34,35)23-17-31(2)18-29-23)21-6-5-7-22(30-21)28-16-24(32)33/h5-11,17-18H,3-4,12-16,27H2,1-2H3,(H,28,30)(H,32,33). The van der Waals surface area contributed by atoms with Gasteiger partial charge in [0.1, 0.15) is 12.4 Å². The van der Waals surface area contributed by atoms with E-state index in [9.17, 15) is 13.2 Å². The Kier molecular flexibility index (Phi) is 7.19. The zero-order valence-electron chi connectivity index (χ0n) is 20.6. The van der Waals surface area contributed by atoms with E-state index in [0.717, 1.165) is 18.4 Å². The highest BCUT2D eigenvalue weighted by molar-refractivity contribution is 7.92. The van der Waals surface area contributed by atoms with Crippen molar-refractivity contribution >= 4 is 21.6 Å². The second-order valence-corrected chi connectivity index (χ2v) is 11.8. The number of unbranched alkanes of at least 4 members (excludes halogenated alkanes) is 1. The van der Waals surface area contributed by atoms with Crippen molar-refractivity contribution in [2.45, 2.75) is 60.8 Å². The first-order valence-corrected chi connectivity index (χ1v) is 13.6. The van der Waals surface area contributed by atoms with Gasteiger partial charge in [0.05, 0.1) is 12.0 Å². The van der Waals surface area contributed by atoms with Crippen molar-refractivity contribution < 1.29 is 18.3 Å². The third-order valence-electron chi connectivity index (χ3n) is 6.93. The molecule has 3 aromatic rings. The summed E-state index contributed by atoms with van der Waals surface area (Å²) in [6.07, 6.45) is 8.68. The number of pyridine rings is 1. The predicted molar refractivity (Wildman–Crippen MR) is 137 cm³/mol. The summed E-state index contributed by atoms with van der Waals surface area (Å²) >= 11 is 0. The lowest BCUT2D eigenvalue weighted by molar-refractivity contribution is -0.134. The van der Waals surface area contributed by atoms with Gasteiger partial charge in [-0.1, -0.05) is 50.1 Å². The average molecular weight is 512 g/mol. The van der Waals surface area contributed by atoms with Crippen molar-refractivity contribution in [1.29, 1.82) is 0 Å². The SMILES string of the molecule is CCCCC1(c2ccc(CC(N)(c3cccc(NCC(=O)O)n3)S(=O)(=O)c3cn(C)cn3)cc2)CC1. The summed E-state index contributed by atoms with van der Waals surface area (Å²) in [5.74, 6) is -0.835. The van der Waals surface area contributed by atoms with Crippen LogP contribution < -0.4 is 11.1 Å². The molecule has 0 radical (unpaired) electrons. The quantitative estimate of drug-likeness (QED) is 0.336. The molecular weight excluding hydrogens is 478 g/mol. The van der Waals surface area contributed by atoms with Gasteiger partial charge >= 0.3 is 5.97 Å². The topological polar surface area (TPSA) is 140 Å². The number of benzene rings is 1. The van der Waals surface area contributed by atoms with Crippen molar-refractivity contribution in [2.24, 2.45) is 12.8 Å². The van der Waals surface area contributed by atoms with Crippen LogP contribution in [0.25, 0.3) is 0 Å². The predicted octanol–water partition coefficient (Wildman–Crippen LogP) is 3.36. The molecule has 0 amide bonds. The average Bonchev–Trinajstić information content (AvgIpc) is 3.52. The molecule has 36 heavy (non-hydrogen) atoms. The molecule has 0 saturated heterocycles. The summed E-state index contributed by atoms with van der Waals surface area (Å²) in [5.41, 5.74) is 9.16. The van der Waals surface area contributed by atoms with Crippen LogP contribution >= 0.6 is 0 Å². The molecule has 0 bridgehead atoms. The second-order valence-electron chi connectivity index (χ2n) is 9.68. The number of sulfone groups is 1. The Bertz CT molecular complexity index is 1330. The number of carboxylic acids is 1. The first kappa shape index (κ1) is 25.8. The molecule has 1 aromatic carbocycles. The molecule has 1 aliphatic carbocycles. The molecule has 0 aliphatic heterocycles. The monoisotopic (exact) mass is 511 g/mol. The van der Waals surface area contributed by atoms with E-state index < -0.39 is 20.7 Å². The highest BCUT2D eigenvalue weighted by atomic mass is 32.2. The van der Waals surface area contributed by atoms with Crippen molar-refractivity contribution in [1.82, 2.24) is 14.5 Å². The number of rotatable bonds is 12. The highest BCUT2D eigenvalue weighted by Gasteiger charge is 2.46. The van der Waals surface area contributed by atoms with E-state index in [0.29, 0.717) is 0 Å². The Hall–Kier alpha value is -3.24. The summed E-state index contributed by atoms with van der Waals surface area (Å²) < 4.78 is 29.2. The van der Waals surface area contributed by atoms with Crippen LogP contribution in [-0.4, -0.2) is 40.6 Å². The van der Waals surface area contributed by atoms with E-state index in [1.54, 1.807) is 29.8 Å². The van der Waals surface area contributed by atoms with Gasteiger partial charge in [0.15, 0.2) is 9.90 Å². The summed E-state index contributed by atoms with van der Waals surface area (Å²) in [6, 6.07) is 12.8. The molecule has 1 saturated carbocycles. The normalized spacial score (nSPS) is 16.3. The maximum Gasteiger partial charge on any atom is 0.322 e. The Labute approximate surface area is 211 Å². The number of aliphatic carboxylic acids is 1. The van der Waals surface area contributed by atoms with Gasteiger partial charge < -0.3 is 20.7 Å². The lowest BCUT2D eigenvalue weighted by atomic mass is 9.89. The number of anilines is 1. The number of aromatic nitrogens is 3. The lowest BCUT2D eigenvalue weighted by Gasteiger charge is -2.28. The van der Waals surface area contributed by atoms with Crippen LogP contribution in [0.15, 0.2) is 60.0 Å². The Morgan fingerprint density at radius 3 is 2.53 bits per heavy atom. The Morgan fingerprint density at radius 2 is 1.94 bits per heavy atom. The molecule has 2 aromatic heterocycles. The molecular formula is C26H33N5O4S. The molecule has 1 atom stereocenters. The molecule has 1 fully saturated rings. The minimum Gasteiger partial charge on any atom is -0.480 e. The third-order valence-corrected chi connectivity index (χ3v) is 9.01. The lowest BCUT2D eigenvalue weighted by Crippen LogP contribution is -2.47. The molecule has 1 unspecified atom stereocenters.